The Bertz CT molecular complexity index is 475. The van der Waals surface area contributed by atoms with Crippen molar-refractivity contribution in [2.75, 3.05) is 7.11 Å². The molecule has 0 amide bonds. The van der Waals surface area contributed by atoms with Crippen LogP contribution >= 0.6 is 11.3 Å². The fourth-order valence-corrected chi connectivity index (χ4v) is 2.68. The van der Waals surface area contributed by atoms with Gasteiger partial charge in [0.25, 0.3) is 0 Å². The van der Waals surface area contributed by atoms with Crippen molar-refractivity contribution in [1.82, 2.24) is 0 Å². The van der Waals surface area contributed by atoms with Crippen LogP contribution in [0.15, 0.2) is 35.7 Å². The Morgan fingerprint density at radius 3 is 2.47 bits per heavy atom. The predicted octanol–water partition coefficient (Wildman–Crippen LogP) is 3.31. The fourth-order valence-electron chi connectivity index (χ4n) is 1.90. The van der Waals surface area contributed by atoms with Crippen molar-refractivity contribution in [1.29, 1.82) is 0 Å². The summed E-state index contributed by atoms with van der Waals surface area (Å²) in [6.07, 6.45) is 0.863. The highest BCUT2D eigenvalue weighted by Gasteiger charge is 2.10. The highest BCUT2D eigenvalue weighted by Crippen LogP contribution is 2.24. The van der Waals surface area contributed by atoms with E-state index < -0.39 is 0 Å². The first-order chi connectivity index (χ1) is 8.20. The van der Waals surface area contributed by atoms with E-state index in [1.165, 1.54) is 16.0 Å². The Morgan fingerprint density at radius 1 is 1.24 bits per heavy atom. The first kappa shape index (κ1) is 12.1. The van der Waals surface area contributed by atoms with E-state index in [1.807, 2.05) is 12.1 Å². The third kappa shape index (κ3) is 2.87. The molecule has 0 radical (unpaired) electrons. The van der Waals surface area contributed by atoms with Crippen LogP contribution < -0.4 is 10.5 Å². The van der Waals surface area contributed by atoms with Gasteiger partial charge in [-0.1, -0.05) is 12.1 Å². The van der Waals surface area contributed by atoms with Gasteiger partial charge in [0.1, 0.15) is 5.75 Å². The second kappa shape index (κ2) is 5.34. The molecule has 1 heterocycles. The van der Waals surface area contributed by atoms with E-state index in [4.69, 9.17) is 10.5 Å². The first-order valence-corrected chi connectivity index (χ1v) is 6.51. The summed E-state index contributed by atoms with van der Waals surface area (Å²) in [6.45, 7) is 2.12. The summed E-state index contributed by atoms with van der Waals surface area (Å²) in [7, 11) is 1.68. The van der Waals surface area contributed by atoms with Crippen molar-refractivity contribution in [3.8, 4) is 5.75 Å². The third-order valence-electron chi connectivity index (χ3n) is 2.91. The maximum atomic E-state index is 6.22. The highest BCUT2D eigenvalue weighted by molar-refractivity contribution is 7.10. The van der Waals surface area contributed by atoms with Crippen LogP contribution in [0, 0.1) is 6.92 Å². The monoisotopic (exact) mass is 247 g/mol. The zero-order valence-electron chi connectivity index (χ0n) is 10.1. The summed E-state index contributed by atoms with van der Waals surface area (Å²) in [4.78, 5) is 1.31. The summed E-state index contributed by atoms with van der Waals surface area (Å²) in [5.74, 6) is 0.883. The second-order valence-corrected chi connectivity index (χ2v) is 5.21. The SMILES string of the molecule is COc1ccc(CC(N)c2ccsc2C)cc1. The quantitative estimate of drug-likeness (QED) is 0.899. The van der Waals surface area contributed by atoms with Gasteiger partial charge in [-0.2, -0.15) is 0 Å². The molecule has 3 heteroatoms. The summed E-state index contributed by atoms with van der Waals surface area (Å²) in [6, 6.07) is 10.3. The molecular weight excluding hydrogens is 230 g/mol. The van der Waals surface area contributed by atoms with Crippen molar-refractivity contribution in [2.45, 2.75) is 19.4 Å². The van der Waals surface area contributed by atoms with E-state index in [1.54, 1.807) is 18.4 Å². The minimum atomic E-state index is 0.0784. The molecule has 1 aromatic heterocycles. The maximum Gasteiger partial charge on any atom is 0.118 e. The summed E-state index contributed by atoms with van der Waals surface area (Å²) in [5, 5.41) is 2.10. The van der Waals surface area contributed by atoms with Crippen molar-refractivity contribution < 1.29 is 4.74 Å². The van der Waals surface area contributed by atoms with Crippen molar-refractivity contribution in [3.05, 3.63) is 51.7 Å². The minimum Gasteiger partial charge on any atom is -0.497 e. The van der Waals surface area contributed by atoms with Crippen LogP contribution in [0.25, 0.3) is 0 Å². The van der Waals surface area contributed by atoms with Gasteiger partial charge >= 0.3 is 0 Å². The second-order valence-electron chi connectivity index (χ2n) is 4.09. The number of rotatable bonds is 4. The van der Waals surface area contributed by atoms with Crippen molar-refractivity contribution in [2.24, 2.45) is 5.73 Å². The zero-order valence-corrected chi connectivity index (χ0v) is 11.0. The molecule has 0 bridgehead atoms. The molecule has 0 aliphatic rings. The molecule has 0 aliphatic heterocycles. The van der Waals surface area contributed by atoms with E-state index in [0.717, 1.165) is 12.2 Å². The molecule has 17 heavy (non-hydrogen) atoms. The van der Waals surface area contributed by atoms with E-state index in [0.29, 0.717) is 0 Å². The van der Waals surface area contributed by atoms with Gasteiger partial charge in [0.2, 0.25) is 0 Å². The number of thiophene rings is 1. The lowest BCUT2D eigenvalue weighted by Gasteiger charge is -2.12. The Labute approximate surface area is 106 Å². The van der Waals surface area contributed by atoms with Crippen LogP contribution in [-0.4, -0.2) is 7.11 Å². The molecule has 2 N–H and O–H groups in total. The van der Waals surface area contributed by atoms with Crippen LogP contribution in [0.1, 0.15) is 22.0 Å². The first-order valence-electron chi connectivity index (χ1n) is 5.63. The van der Waals surface area contributed by atoms with Gasteiger partial charge in [-0.05, 0) is 48.1 Å². The molecule has 0 fully saturated rings. The molecule has 0 saturated carbocycles. The van der Waals surface area contributed by atoms with E-state index >= 15 is 0 Å². The molecule has 2 aromatic rings. The van der Waals surface area contributed by atoms with E-state index in [2.05, 4.69) is 30.5 Å². The van der Waals surface area contributed by atoms with E-state index in [-0.39, 0.29) is 6.04 Å². The van der Waals surface area contributed by atoms with Gasteiger partial charge in [-0.3, -0.25) is 0 Å². The third-order valence-corrected chi connectivity index (χ3v) is 3.77. The Morgan fingerprint density at radius 2 is 1.94 bits per heavy atom. The Kier molecular flexibility index (Phi) is 3.82. The van der Waals surface area contributed by atoms with Gasteiger partial charge in [0, 0.05) is 10.9 Å². The number of methoxy groups -OCH3 is 1. The van der Waals surface area contributed by atoms with Gasteiger partial charge in [0.15, 0.2) is 0 Å². The number of benzene rings is 1. The summed E-state index contributed by atoms with van der Waals surface area (Å²) in [5.41, 5.74) is 8.71. The average Bonchev–Trinajstić information content (AvgIpc) is 2.76. The van der Waals surface area contributed by atoms with Gasteiger partial charge in [0.05, 0.1) is 7.11 Å². The minimum absolute atomic E-state index is 0.0784. The predicted molar refractivity (Wildman–Crippen MR) is 72.7 cm³/mol. The molecule has 0 saturated heterocycles. The average molecular weight is 247 g/mol. The van der Waals surface area contributed by atoms with Crippen LogP contribution in [0.3, 0.4) is 0 Å². The molecule has 1 atom stereocenters. The zero-order chi connectivity index (χ0) is 12.3. The number of ether oxygens (including phenoxy) is 1. The maximum absolute atomic E-state index is 6.22. The molecule has 90 valence electrons. The molecule has 2 nitrogen and oxygen atoms in total. The van der Waals surface area contributed by atoms with E-state index in [9.17, 15) is 0 Å². The molecular formula is C14H17NOS. The number of aryl methyl sites for hydroxylation is 1. The molecule has 0 spiro atoms. The fraction of sp³-hybridized carbons (Fsp3) is 0.286. The normalized spacial score (nSPS) is 12.4. The lowest BCUT2D eigenvalue weighted by atomic mass is 10.0. The van der Waals surface area contributed by atoms with Gasteiger partial charge in [-0.15, -0.1) is 11.3 Å². The van der Waals surface area contributed by atoms with Gasteiger partial charge in [-0.25, -0.2) is 0 Å². The van der Waals surface area contributed by atoms with Gasteiger partial charge < -0.3 is 10.5 Å². The topological polar surface area (TPSA) is 35.2 Å². The smallest absolute Gasteiger partial charge is 0.118 e. The van der Waals surface area contributed by atoms with Crippen LogP contribution in [0.5, 0.6) is 5.75 Å². The highest BCUT2D eigenvalue weighted by atomic mass is 32.1. The number of nitrogens with two attached hydrogens (primary N) is 1. The molecule has 0 aliphatic carbocycles. The Balaban J connectivity index is 2.07. The summed E-state index contributed by atoms with van der Waals surface area (Å²) < 4.78 is 5.14. The lowest BCUT2D eigenvalue weighted by Crippen LogP contribution is -2.13. The molecule has 2 rings (SSSR count). The van der Waals surface area contributed by atoms with Crippen molar-refractivity contribution >= 4 is 11.3 Å². The largest absolute Gasteiger partial charge is 0.497 e. The van der Waals surface area contributed by atoms with Crippen LogP contribution in [-0.2, 0) is 6.42 Å². The molecule has 1 unspecified atom stereocenters. The van der Waals surface area contributed by atoms with Crippen LogP contribution in [0.2, 0.25) is 0 Å². The van der Waals surface area contributed by atoms with Crippen LogP contribution in [0.4, 0.5) is 0 Å². The number of hydrogen-bond acceptors (Lipinski definition) is 3. The molecule has 1 aromatic carbocycles. The number of hydrogen-bond donors (Lipinski definition) is 1. The standard InChI is InChI=1S/C14H17NOS/c1-10-13(7-8-17-10)14(15)9-11-3-5-12(16-2)6-4-11/h3-8,14H,9,15H2,1-2H3. The lowest BCUT2D eigenvalue weighted by molar-refractivity contribution is 0.414. The Hall–Kier alpha value is -1.32. The summed E-state index contributed by atoms with van der Waals surface area (Å²) >= 11 is 1.75. The van der Waals surface area contributed by atoms with Crippen molar-refractivity contribution in [3.63, 3.8) is 0 Å².